The highest BCUT2D eigenvalue weighted by molar-refractivity contribution is 7.95. The van der Waals surface area contributed by atoms with Crippen molar-refractivity contribution in [3.63, 3.8) is 0 Å². The lowest BCUT2D eigenvalue weighted by atomic mass is 10.0. The molecule has 0 saturated carbocycles. The Hall–Kier alpha value is -7.10. The summed E-state index contributed by atoms with van der Waals surface area (Å²) in [5, 5.41) is 48.5. The van der Waals surface area contributed by atoms with Crippen LogP contribution in [0.4, 0.5) is 17.6 Å². The first kappa shape index (κ1) is 67.7. The maximum Gasteiger partial charge on any atom is 0.296 e. The summed E-state index contributed by atoms with van der Waals surface area (Å²) >= 11 is 0. The van der Waals surface area contributed by atoms with Crippen LogP contribution in [0.3, 0.4) is 0 Å². The van der Waals surface area contributed by atoms with Crippen molar-refractivity contribution in [1.82, 2.24) is 20.6 Å². The Bertz CT molecular complexity index is 3440. The first-order chi connectivity index (χ1) is 39.9. The number of halogens is 4. The Morgan fingerprint density at radius 2 is 0.988 bits per heavy atom. The second kappa shape index (κ2) is 32.3. The smallest absolute Gasteiger partial charge is 0.296 e. The highest BCUT2D eigenvalue weighted by Gasteiger charge is 2.32. The van der Waals surface area contributed by atoms with E-state index in [9.17, 15) is 64.4 Å². The van der Waals surface area contributed by atoms with E-state index in [0.717, 1.165) is 50.7 Å². The predicted octanol–water partition coefficient (Wildman–Crippen LogP) is 9.89. The topological polar surface area (TPSA) is 298 Å². The number of ether oxygens (including phenoxy) is 2. The van der Waals surface area contributed by atoms with E-state index in [0.29, 0.717) is 85.2 Å². The summed E-state index contributed by atoms with van der Waals surface area (Å²) in [4.78, 5) is 27.0. The number of aromatic nitrogens is 2. The van der Waals surface area contributed by atoms with Crippen LogP contribution in [0.25, 0.3) is 32.8 Å². The number of aromatic amines is 2. The van der Waals surface area contributed by atoms with Gasteiger partial charge in [0.15, 0.2) is 0 Å². The number of aliphatic hydroxyl groups excluding tert-OH is 2. The molecule has 0 fully saturated rings. The standard InChI is InChI=1S/2C25H30F2N2O4.C10H10O6S2/c2*26-25(27,18-8-4-3-5-9-18)17-33-15-7-2-1-6-14-28-16-22(31)19-10-12-21(30)24-20(19)11-13-23(32)29-24;1-3-8-9(7(2)17(11,12)13)5-4-6-10(8)18(14,15)16/h2*3-5,8-13,22,28,30-31H,1-2,6-7,14-17H2,(H,29,32);3-6H,1-2H2,(H,11,12,13)(H,14,15,16)/t2*22-;/m00./s1. The number of unbranched alkanes of at least 4 members (excludes halogenated alkanes) is 6. The molecule has 0 aliphatic rings. The number of benzene rings is 5. The number of aliphatic hydroxyl groups is 2. The third-order valence-electron chi connectivity index (χ3n) is 13.1. The van der Waals surface area contributed by atoms with Gasteiger partial charge in [-0.25, -0.2) is 0 Å². The Labute approximate surface area is 484 Å². The van der Waals surface area contributed by atoms with Gasteiger partial charge in [-0.2, -0.15) is 34.4 Å². The molecule has 0 saturated heterocycles. The molecule has 0 spiro atoms. The van der Waals surface area contributed by atoms with Gasteiger partial charge in [0.05, 0.1) is 28.1 Å². The van der Waals surface area contributed by atoms with E-state index in [1.807, 2.05) is 0 Å². The maximum atomic E-state index is 14.0. The van der Waals surface area contributed by atoms with Crippen LogP contribution < -0.4 is 21.8 Å². The summed E-state index contributed by atoms with van der Waals surface area (Å²) in [6, 6.07) is 31.0. The first-order valence-corrected chi connectivity index (χ1v) is 29.6. The molecule has 0 unspecified atom stereocenters. The molecule has 84 heavy (non-hydrogen) atoms. The molecule has 7 rings (SSSR count). The van der Waals surface area contributed by atoms with Crippen LogP contribution in [0.15, 0.2) is 155 Å². The van der Waals surface area contributed by atoms with Crippen molar-refractivity contribution in [2.45, 2.75) is 80.3 Å². The van der Waals surface area contributed by atoms with Crippen LogP contribution in [0, 0.1) is 0 Å². The number of pyridine rings is 2. The maximum absolute atomic E-state index is 14.0. The summed E-state index contributed by atoms with van der Waals surface area (Å²) in [6.45, 7) is 7.94. The molecule has 0 radical (unpaired) electrons. The average Bonchev–Trinajstić information content (AvgIpc) is 2.12. The van der Waals surface area contributed by atoms with Gasteiger partial charge in [-0.1, -0.05) is 130 Å². The fraction of sp³-hybridized carbons (Fsp3) is 0.333. The molecule has 2 heterocycles. The third-order valence-corrected chi connectivity index (χ3v) is 14.9. The minimum atomic E-state index is -4.57. The molecular formula is C60H70F4N4O14S2. The van der Waals surface area contributed by atoms with Crippen LogP contribution in [0.1, 0.15) is 97.0 Å². The van der Waals surface area contributed by atoms with Gasteiger partial charge >= 0.3 is 0 Å². The zero-order valence-electron chi connectivity index (χ0n) is 45.9. The molecule has 0 aliphatic heterocycles. The van der Waals surface area contributed by atoms with Gasteiger partial charge in [0.2, 0.25) is 11.1 Å². The van der Waals surface area contributed by atoms with Gasteiger partial charge in [0, 0.05) is 71.5 Å². The Balaban J connectivity index is 0.000000241. The fourth-order valence-electron chi connectivity index (χ4n) is 8.70. The van der Waals surface area contributed by atoms with Gasteiger partial charge in [0.25, 0.3) is 32.1 Å². The molecule has 24 heteroatoms. The van der Waals surface area contributed by atoms with Crippen LogP contribution in [0.5, 0.6) is 11.5 Å². The highest BCUT2D eigenvalue weighted by Crippen LogP contribution is 2.32. The molecule has 0 bridgehead atoms. The zero-order chi connectivity index (χ0) is 61.5. The molecule has 454 valence electrons. The van der Waals surface area contributed by atoms with Gasteiger partial charge in [-0.3, -0.25) is 18.7 Å². The van der Waals surface area contributed by atoms with Crippen molar-refractivity contribution < 1.29 is 73.4 Å². The summed E-state index contributed by atoms with van der Waals surface area (Å²) in [5.74, 6) is -6.05. The minimum Gasteiger partial charge on any atom is -0.506 e. The van der Waals surface area contributed by atoms with Crippen molar-refractivity contribution in [3.05, 3.63) is 195 Å². The summed E-state index contributed by atoms with van der Waals surface area (Å²) in [5.41, 5.74) is 0.845. The number of hydrogen-bond donors (Lipinski definition) is 10. The molecule has 18 nitrogen and oxygen atoms in total. The SMILES string of the molecule is C=Cc1c(C(=C)S(=O)(=O)O)cccc1S(=O)(=O)O.O=c1ccc2c([C@@H](O)CNCCCCCCOCC(F)(F)c3ccccc3)ccc(O)c2[nH]1.O=c1ccc2c([C@@H](O)CNCCCCCCOCC(F)(F)c3ccccc3)ccc(O)c2[nH]1. The second-order valence-electron chi connectivity index (χ2n) is 19.4. The van der Waals surface area contributed by atoms with Crippen molar-refractivity contribution >= 4 is 53.0 Å². The van der Waals surface area contributed by atoms with E-state index < -0.39 is 67.3 Å². The van der Waals surface area contributed by atoms with E-state index in [4.69, 9.17) is 18.6 Å². The number of alkyl halides is 4. The van der Waals surface area contributed by atoms with Crippen LogP contribution in [-0.4, -0.2) is 109 Å². The van der Waals surface area contributed by atoms with Crippen LogP contribution in [-0.2, 0) is 41.6 Å². The lowest BCUT2D eigenvalue weighted by Crippen LogP contribution is -2.23. The lowest BCUT2D eigenvalue weighted by Gasteiger charge is -2.16. The number of fused-ring (bicyclic) bond motifs is 2. The Morgan fingerprint density at radius 1 is 0.571 bits per heavy atom. The van der Waals surface area contributed by atoms with Crippen molar-refractivity contribution in [2.24, 2.45) is 0 Å². The van der Waals surface area contributed by atoms with E-state index in [-0.39, 0.29) is 44.9 Å². The Kier molecular flexibility index (Phi) is 26.0. The average molecular weight is 1210 g/mol. The molecule has 10 N–H and O–H groups in total. The summed E-state index contributed by atoms with van der Waals surface area (Å²) < 4.78 is 128. The molecule has 5 aromatic carbocycles. The molecule has 0 amide bonds. The van der Waals surface area contributed by atoms with E-state index >= 15 is 0 Å². The number of nitrogens with one attached hydrogen (secondary N) is 4. The van der Waals surface area contributed by atoms with Crippen LogP contribution >= 0.6 is 0 Å². The van der Waals surface area contributed by atoms with E-state index in [1.165, 1.54) is 60.7 Å². The van der Waals surface area contributed by atoms with Gasteiger partial charge in [-0.15, -0.1) is 0 Å². The number of phenolic OH excluding ortho intramolecular Hbond substituents is 2. The first-order valence-electron chi connectivity index (χ1n) is 26.7. The van der Waals surface area contributed by atoms with Gasteiger partial charge in [0.1, 0.15) is 29.6 Å². The van der Waals surface area contributed by atoms with Gasteiger partial charge < -0.3 is 50.5 Å². The number of phenols is 2. The van der Waals surface area contributed by atoms with E-state index in [2.05, 4.69) is 33.8 Å². The Morgan fingerprint density at radius 3 is 1.38 bits per heavy atom. The normalized spacial score (nSPS) is 12.7. The zero-order valence-corrected chi connectivity index (χ0v) is 47.5. The minimum absolute atomic E-state index is 0.0353. The molecule has 7 aromatic rings. The molecular weight excluding hydrogens is 1140 g/mol. The molecule has 2 aromatic heterocycles. The lowest BCUT2D eigenvalue weighted by molar-refractivity contribution is -0.0833. The second-order valence-corrected chi connectivity index (χ2v) is 22.2. The third kappa shape index (κ3) is 20.6. The summed E-state index contributed by atoms with van der Waals surface area (Å²) in [7, 11) is -9.11. The fourth-order valence-corrected chi connectivity index (χ4v) is 9.88. The largest absolute Gasteiger partial charge is 0.506 e. The number of H-pyrrole nitrogens is 2. The molecule has 0 aliphatic carbocycles. The van der Waals surface area contributed by atoms with Crippen molar-refractivity contribution in [1.29, 1.82) is 0 Å². The highest BCUT2D eigenvalue weighted by atomic mass is 32.2. The number of rotatable bonds is 30. The summed E-state index contributed by atoms with van der Waals surface area (Å²) in [6.07, 6.45) is 6.25. The van der Waals surface area contributed by atoms with Crippen molar-refractivity contribution in [3.8, 4) is 11.5 Å². The molecule has 2 atom stereocenters. The number of hydrogen-bond acceptors (Lipinski definition) is 14. The van der Waals surface area contributed by atoms with Crippen molar-refractivity contribution in [2.75, 3.05) is 52.6 Å². The van der Waals surface area contributed by atoms with Gasteiger partial charge in [-0.05, 0) is 80.2 Å². The monoisotopic (exact) mass is 1210 g/mol. The van der Waals surface area contributed by atoms with Crippen LogP contribution in [0.2, 0.25) is 0 Å². The van der Waals surface area contributed by atoms with E-state index in [1.54, 1.807) is 60.7 Å². The quantitative estimate of drug-likeness (QED) is 0.0114. The number of aromatic hydroxyl groups is 2. The predicted molar refractivity (Wildman–Crippen MR) is 314 cm³/mol.